The predicted octanol–water partition coefficient (Wildman–Crippen LogP) is 5.38. The van der Waals surface area contributed by atoms with Gasteiger partial charge in [-0.3, -0.25) is 4.79 Å². The summed E-state index contributed by atoms with van der Waals surface area (Å²) in [6.07, 6.45) is -5.07. The lowest BCUT2D eigenvalue weighted by atomic mass is 9.85. The molecule has 0 aliphatic carbocycles. The molecule has 0 saturated carbocycles. The maximum atomic E-state index is 13.5. The topological polar surface area (TPSA) is 94.4 Å². The molecule has 2 aromatic carbocycles. The minimum atomic E-state index is -4.69. The van der Waals surface area contributed by atoms with E-state index in [9.17, 15) is 35.2 Å². The monoisotopic (exact) mass is 586 g/mol. The van der Waals surface area contributed by atoms with E-state index in [1.807, 2.05) is 0 Å². The zero-order valence-corrected chi connectivity index (χ0v) is 22.6. The molecule has 0 N–H and O–H groups in total. The molecule has 1 amide bonds. The van der Waals surface area contributed by atoms with Crippen LogP contribution in [0, 0.1) is 5.92 Å². The van der Waals surface area contributed by atoms with Gasteiger partial charge in [-0.25, -0.2) is 18.1 Å². The van der Waals surface area contributed by atoms with Crippen LogP contribution >= 0.6 is 0 Å². The number of hydrogen-bond donors (Lipinski definition) is 0. The molecule has 1 saturated heterocycles. The molecule has 14 heteroatoms. The van der Waals surface area contributed by atoms with Gasteiger partial charge in [-0.1, -0.05) is 6.07 Å². The summed E-state index contributed by atoms with van der Waals surface area (Å²) in [4.78, 5) is 18.4. The van der Waals surface area contributed by atoms with E-state index in [1.165, 1.54) is 54.3 Å². The molecule has 2 heterocycles. The van der Waals surface area contributed by atoms with Gasteiger partial charge in [0, 0.05) is 26.1 Å². The Morgan fingerprint density at radius 3 is 2.25 bits per heavy atom. The molecule has 0 unspecified atom stereocenters. The summed E-state index contributed by atoms with van der Waals surface area (Å²) in [5.74, 6) is -1.07. The summed E-state index contributed by atoms with van der Waals surface area (Å²) >= 11 is 0. The van der Waals surface area contributed by atoms with Gasteiger partial charge in [-0.2, -0.15) is 27.1 Å². The Kier molecular flexibility index (Phi) is 7.69. The lowest BCUT2D eigenvalue weighted by Crippen LogP contribution is -2.47. The first kappa shape index (κ1) is 29.4. The van der Waals surface area contributed by atoms with Gasteiger partial charge >= 0.3 is 12.3 Å². The largest absolute Gasteiger partial charge is 0.433 e. The van der Waals surface area contributed by atoms with Crippen molar-refractivity contribution in [2.45, 2.75) is 55.5 Å². The van der Waals surface area contributed by atoms with E-state index in [-0.39, 0.29) is 42.9 Å². The van der Waals surface area contributed by atoms with Crippen LogP contribution in [0.4, 0.5) is 22.0 Å². The maximum Gasteiger partial charge on any atom is 0.416 e. The number of nitrogens with zero attached hydrogens (tertiary/aromatic N) is 4. The van der Waals surface area contributed by atoms with Crippen molar-refractivity contribution in [2.75, 3.05) is 13.1 Å². The summed E-state index contributed by atoms with van der Waals surface area (Å²) in [7, 11) is -4.16. The fourth-order valence-electron chi connectivity index (χ4n) is 4.80. The Hall–Kier alpha value is -3.55. The Morgan fingerprint density at radius 2 is 1.68 bits per heavy atom. The summed E-state index contributed by atoms with van der Waals surface area (Å²) in [5.41, 5.74) is -0.738. The second-order valence-electron chi connectivity index (χ2n) is 10.1. The Balaban J connectivity index is 1.54. The van der Waals surface area contributed by atoms with E-state index in [0.717, 1.165) is 18.2 Å². The SMILES string of the molecule is CC(F)(F)Oc1ccc(C(=O)N2CCC(C(C)(C)S(=O)(=O)c3cccc(C(F)(F)F)c3)CC2)c(-n2cncn2)c1. The predicted molar refractivity (Wildman–Crippen MR) is 134 cm³/mol. The van der Waals surface area contributed by atoms with Crippen LogP contribution in [0.3, 0.4) is 0 Å². The van der Waals surface area contributed by atoms with Crippen LogP contribution < -0.4 is 4.74 Å². The smallest absolute Gasteiger partial charge is 0.416 e. The van der Waals surface area contributed by atoms with Crippen LogP contribution in [-0.2, 0) is 16.0 Å². The minimum Gasteiger partial charge on any atom is -0.433 e. The van der Waals surface area contributed by atoms with E-state index >= 15 is 0 Å². The number of amides is 1. The molecule has 1 aromatic heterocycles. The molecular weight excluding hydrogens is 559 g/mol. The van der Waals surface area contributed by atoms with Gasteiger partial charge in [0.15, 0.2) is 9.84 Å². The third kappa shape index (κ3) is 5.96. The summed E-state index contributed by atoms with van der Waals surface area (Å²) < 4.78 is 97.8. The molecule has 0 atom stereocenters. The van der Waals surface area contributed by atoms with Crippen molar-refractivity contribution in [1.82, 2.24) is 19.7 Å². The van der Waals surface area contributed by atoms with Gasteiger partial charge < -0.3 is 9.64 Å². The molecule has 1 aliphatic rings. The van der Waals surface area contributed by atoms with E-state index < -0.39 is 49.2 Å². The Bertz CT molecular complexity index is 1480. The van der Waals surface area contributed by atoms with E-state index in [1.54, 1.807) is 0 Å². The molecule has 216 valence electrons. The number of halogens is 5. The molecule has 0 bridgehead atoms. The third-order valence-electron chi connectivity index (χ3n) is 7.09. The molecule has 40 heavy (non-hydrogen) atoms. The highest BCUT2D eigenvalue weighted by Crippen LogP contribution is 2.40. The number of benzene rings is 2. The first-order chi connectivity index (χ1) is 18.5. The average Bonchev–Trinajstić information content (AvgIpc) is 3.42. The number of hydrogen-bond acceptors (Lipinski definition) is 6. The van der Waals surface area contributed by atoms with Crippen molar-refractivity contribution in [3.63, 3.8) is 0 Å². The highest BCUT2D eigenvalue weighted by molar-refractivity contribution is 7.92. The van der Waals surface area contributed by atoms with Crippen LogP contribution in [-0.4, -0.2) is 57.9 Å². The normalized spacial score (nSPS) is 15.8. The zero-order chi connectivity index (χ0) is 29.5. The molecule has 1 aliphatic heterocycles. The molecule has 0 spiro atoms. The highest BCUT2D eigenvalue weighted by atomic mass is 32.2. The number of aromatic nitrogens is 3. The molecule has 8 nitrogen and oxygen atoms in total. The second kappa shape index (κ2) is 10.5. The number of sulfone groups is 1. The van der Waals surface area contributed by atoms with Gasteiger partial charge in [0.25, 0.3) is 5.91 Å². The van der Waals surface area contributed by atoms with Crippen molar-refractivity contribution in [1.29, 1.82) is 0 Å². The lowest BCUT2D eigenvalue weighted by Gasteiger charge is -2.40. The number of piperidine rings is 1. The highest BCUT2D eigenvalue weighted by Gasteiger charge is 2.45. The van der Waals surface area contributed by atoms with Crippen LogP contribution in [0.15, 0.2) is 60.0 Å². The molecule has 3 aromatic rings. The molecule has 0 radical (unpaired) electrons. The first-order valence-electron chi connectivity index (χ1n) is 12.3. The number of alkyl halides is 5. The van der Waals surface area contributed by atoms with Crippen molar-refractivity contribution in [3.05, 3.63) is 66.2 Å². The maximum absolute atomic E-state index is 13.5. The van der Waals surface area contributed by atoms with E-state index in [0.29, 0.717) is 13.0 Å². The van der Waals surface area contributed by atoms with Crippen molar-refractivity contribution in [3.8, 4) is 11.4 Å². The van der Waals surface area contributed by atoms with Crippen molar-refractivity contribution < 1.29 is 39.9 Å². The van der Waals surface area contributed by atoms with Crippen molar-refractivity contribution >= 4 is 15.7 Å². The van der Waals surface area contributed by atoms with Crippen LogP contribution in [0.25, 0.3) is 5.69 Å². The summed E-state index contributed by atoms with van der Waals surface area (Å²) in [6, 6.07) is 7.50. The van der Waals surface area contributed by atoms with Gasteiger partial charge in [0.05, 0.1) is 26.5 Å². The van der Waals surface area contributed by atoms with E-state index in [2.05, 4.69) is 14.8 Å². The molecule has 1 fully saturated rings. The number of ether oxygens (including phenoxy) is 1. The average molecular weight is 587 g/mol. The van der Waals surface area contributed by atoms with Crippen molar-refractivity contribution in [2.24, 2.45) is 5.92 Å². The standard InChI is InChI=1S/C26H27F5N4O4S/c1-24(2,40(37,38)20-6-4-5-18(13-20)26(29,30)31)17-9-11-34(12-10-17)23(36)21-8-7-19(39-25(3,27)28)14-22(21)35-16-32-15-33-35/h4-8,13-17H,9-12H2,1-3H3. The second-order valence-corrected chi connectivity index (χ2v) is 12.7. The number of carbonyl (C=O) groups excluding carboxylic acids is 1. The van der Waals surface area contributed by atoms with Crippen LogP contribution in [0.1, 0.15) is 49.5 Å². The minimum absolute atomic E-state index is 0.145. The molecular formula is C26H27F5N4O4S. The lowest BCUT2D eigenvalue weighted by molar-refractivity contribution is -0.159. The zero-order valence-electron chi connectivity index (χ0n) is 21.8. The van der Waals surface area contributed by atoms with Gasteiger partial charge in [-0.05, 0) is 62.9 Å². The van der Waals surface area contributed by atoms with Gasteiger partial charge in [0.2, 0.25) is 0 Å². The first-order valence-corrected chi connectivity index (χ1v) is 13.8. The fraction of sp³-hybridized carbons (Fsp3) is 0.423. The molecule has 4 rings (SSSR count). The number of likely N-dealkylation sites (tertiary alicyclic amines) is 1. The quantitative estimate of drug-likeness (QED) is 0.345. The number of carbonyl (C=O) groups is 1. The van der Waals surface area contributed by atoms with Gasteiger partial charge in [-0.15, -0.1) is 0 Å². The Labute approximate surface area is 227 Å². The number of rotatable bonds is 7. The third-order valence-corrected chi connectivity index (χ3v) is 9.68. The van der Waals surface area contributed by atoms with Crippen LogP contribution in [0.2, 0.25) is 0 Å². The summed E-state index contributed by atoms with van der Waals surface area (Å²) in [5, 5.41) is 3.99. The summed E-state index contributed by atoms with van der Waals surface area (Å²) in [6.45, 7) is 3.89. The fourth-order valence-corrected chi connectivity index (χ4v) is 6.62. The van der Waals surface area contributed by atoms with E-state index in [4.69, 9.17) is 0 Å². The Morgan fingerprint density at radius 1 is 1.00 bits per heavy atom. The van der Waals surface area contributed by atoms with Crippen LogP contribution in [0.5, 0.6) is 5.75 Å². The van der Waals surface area contributed by atoms with Gasteiger partial charge in [0.1, 0.15) is 18.4 Å².